The van der Waals surface area contributed by atoms with Gasteiger partial charge in [-0.1, -0.05) is 0 Å². The molecule has 0 amide bonds. The van der Waals surface area contributed by atoms with E-state index in [0.717, 1.165) is 6.42 Å². The summed E-state index contributed by atoms with van der Waals surface area (Å²) < 4.78 is 5.16. The molecule has 1 aliphatic rings. The predicted octanol–water partition coefficient (Wildman–Crippen LogP) is 1.57. The number of carbonyl (C=O) groups excluding carboxylic acids is 1. The standard InChI is InChI=1S/C10H9NO2/c12-10(9-2-1-7-13-9)8-3-5-11-6-4-8/h2-6H,1,7H2. The molecule has 0 fully saturated rings. The maximum absolute atomic E-state index is 11.6. The highest BCUT2D eigenvalue weighted by molar-refractivity contribution is 6.07. The molecule has 1 aromatic rings. The van der Waals surface area contributed by atoms with Crippen LogP contribution < -0.4 is 0 Å². The van der Waals surface area contributed by atoms with E-state index in [0.29, 0.717) is 17.9 Å². The van der Waals surface area contributed by atoms with Crippen LogP contribution in [0.4, 0.5) is 0 Å². The molecule has 0 aromatic carbocycles. The average Bonchev–Trinajstić information content (AvgIpc) is 2.71. The Kier molecular flexibility index (Phi) is 2.08. The Labute approximate surface area is 76.1 Å². The second kappa shape index (κ2) is 3.39. The van der Waals surface area contributed by atoms with Gasteiger partial charge in [-0.05, 0) is 18.2 Å². The summed E-state index contributed by atoms with van der Waals surface area (Å²) in [4.78, 5) is 15.5. The summed E-state index contributed by atoms with van der Waals surface area (Å²) in [6, 6.07) is 3.37. The molecule has 13 heavy (non-hydrogen) atoms. The number of allylic oxidation sites excluding steroid dienone is 1. The number of aromatic nitrogens is 1. The highest BCUT2D eigenvalue weighted by atomic mass is 16.5. The first-order chi connectivity index (χ1) is 6.38. The number of hydrogen-bond acceptors (Lipinski definition) is 3. The fraction of sp³-hybridized carbons (Fsp3) is 0.200. The van der Waals surface area contributed by atoms with Crippen molar-refractivity contribution in [3.05, 3.63) is 41.9 Å². The molecule has 0 saturated heterocycles. The normalized spacial score (nSPS) is 14.9. The van der Waals surface area contributed by atoms with Crippen LogP contribution in [0, 0.1) is 0 Å². The monoisotopic (exact) mass is 175 g/mol. The summed E-state index contributed by atoms with van der Waals surface area (Å²) in [7, 11) is 0. The summed E-state index contributed by atoms with van der Waals surface area (Å²) in [5.74, 6) is 0.408. The van der Waals surface area contributed by atoms with Crippen molar-refractivity contribution in [3.8, 4) is 0 Å². The first-order valence-corrected chi connectivity index (χ1v) is 4.15. The van der Waals surface area contributed by atoms with E-state index in [9.17, 15) is 4.79 Å². The van der Waals surface area contributed by atoms with E-state index in [4.69, 9.17) is 4.74 Å². The summed E-state index contributed by atoms with van der Waals surface area (Å²) in [5.41, 5.74) is 0.628. The molecule has 0 radical (unpaired) electrons. The van der Waals surface area contributed by atoms with Gasteiger partial charge in [-0.3, -0.25) is 9.78 Å². The largest absolute Gasteiger partial charge is 0.489 e. The number of ketones is 1. The average molecular weight is 175 g/mol. The summed E-state index contributed by atoms with van der Waals surface area (Å²) in [5, 5.41) is 0. The molecule has 2 rings (SSSR count). The summed E-state index contributed by atoms with van der Waals surface area (Å²) in [6.07, 6.45) is 5.85. The first-order valence-electron chi connectivity index (χ1n) is 4.15. The Bertz CT molecular complexity index is 343. The van der Waals surface area contributed by atoms with Crippen molar-refractivity contribution >= 4 is 5.78 Å². The fourth-order valence-corrected chi connectivity index (χ4v) is 1.22. The van der Waals surface area contributed by atoms with E-state index in [-0.39, 0.29) is 5.78 Å². The van der Waals surface area contributed by atoms with Crippen LogP contribution in [-0.4, -0.2) is 17.4 Å². The lowest BCUT2D eigenvalue weighted by atomic mass is 10.1. The van der Waals surface area contributed by atoms with Gasteiger partial charge in [0.2, 0.25) is 5.78 Å². The van der Waals surface area contributed by atoms with Crippen LogP contribution in [0.15, 0.2) is 36.4 Å². The molecule has 3 heteroatoms. The number of pyridine rings is 1. The van der Waals surface area contributed by atoms with Crippen LogP contribution in [0.25, 0.3) is 0 Å². The maximum atomic E-state index is 11.6. The zero-order valence-corrected chi connectivity index (χ0v) is 7.06. The van der Waals surface area contributed by atoms with E-state index in [2.05, 4.69) is 4.98 Å². The number of Topliss-reactive ketones (excluding diaryl/α,β-unsaturated/α-hetero) is 1. The van der Waals surface area contributed by atoms with Crippen LogP contribution in [0.2, 0.25) is 0 Å². The summed E-state index contributed by atoms with van der Waals surface area (Å²) >= 11 is 0. The maximum Gasteiger partial charge on any atom is 0.227 e. The van der Waals surface area contributed by atoms with Gasteiger partial charge in [0.15, 0.2) is 5.76 Å². The molecule has 0 aliphatic carbocycles. The number of ether oxygens (including phenoxy) is 1. The van der Waals surface area contributed by atoms with Crippen molar-refractivity contribution < 1.29 is 9.53 Å². The number of hydrogen-bond donors (Lipinski definition) is 0. The van der Waals surface area contributed by atoms with Gasteiger partial charge in [0.05, 0.1) is 6.61 Å². The molecular weight excluding hydrogens is 166 g/mol. The molecular formula is C10H9NO2. The van der Waals surface area contributed by atoms with Crippen molar-refractivity contribution in [1.29, 1.82) is 0 Å². The second-order valence-corrected chi connectivity index (χ2v) is 2.77. The van der Waals surface area contributed by atoms with E-state index in [1.165, 1.54) is 0 Å². The van der Waals surface area contributed by atoms with Gasteiger partial charge in [-0.15, -0.1) is 0 Å². The summed E-state index contributed by atoms with van der Waals surface area (Å²) in [6.45, 7) is 0.617. The highest BCUT2D eigenvalue weighted by Gasteiger charge is 2.16. The quantitative estimate of drug-likeness (QED) is 0.640. The van der Waals surface area contributed by atoms with E-state index in [1.54, 1.807) is 24.5 Å². The van der Waals surface area contributed by atoms with Crippen LogP contribution in [-0.2, 0) is 4.74 Å². The van der Waals surface area contributed by atoms with Crippen LogP contribution in [0.5, 0.6) is 0 Å². The molecule has 0 saturated carbocycles. The lowest BCUT2D eigenvalue weighted by molar-refractivity contribution is 0.0942. The second-order valence-electron chi connectivity index (χ2n) is 2.77. The van der Waals surface area contributed by atoms with Crippen molar-refractivity contribution in [3.63, 3.8) is 0 Å². The van der Waals surface area contributed by atoms with Crippen LogP contribution in [0.1, 0.15) is 16.8 Å². The van der Waals surface area contributed by atoms with Gasteiger partial charge in [0.25, 0.3) is 0 Å². The van der Waals surface area contributed by atoms with E-state index >= 15 is 0 Å². The molecule has 0 atom stereocenters. The fourth-order valence-electron chi connectivity index (χ4n) is 1.22. The first kappa shape index (κ1) is 7.98. The molecule has 0 N–H and O–H groups in total. The van der Waals surface area contributed by atoms with Gasteiger partial charge in [0.1, 0.15) is 0 Å². The Hall–Kier alpha value is -1.64. The zero-order chi connectivity index (χ0) is 9.10. The number of rotatable bonds is 2. The Morgan fingerprint density at radius 2 is 2.15 bits per heavy atom. The molecule has 66 valence electrons. The van der Waals surface area contributed by atoms with Crippen LogP contribution >= 0.6 is 0 Å². The lowest BCUT2D eigenvalue weighted by Gasteiger charge is -2.01. The third-order valence-electron chi connectivity index (χ3n) is 1.87. The Morgan fingerprint density at radius 1 is 1.38 bits per heavy atom. The van der Waals surface area contributed by atoms with Crippen molar-refractivity contribution in [2.45, 2.75) is 6.42 Å². The third-order valence-corrected chi connectivity index (χ3v) is 1.87. The van der Waals surface area contributed by atoms with Crippen molar-refractivity contribution in [1.82, 2.24) is 4.98 Å². The lowest BCUT2D eigenvalue weighted by Crippen LogP contribution is -2.03. The van der Waals surface area contributed by atoms with Gasteiger partial charge < -0.3 is 4.74 Å². The number of nitrogens with zero attached hydrogens (tertiary/aromatic N) is 1. The van der Waals surface area contributed by atoms with Crippen LogP contribution in [0.3, 0.4) is 0 Å². The predicted molar refractivity (Wildman–Crippen MR) is 47.2 cm³/mol. The SMILES string of the molecule is O=C(C1=CCCO1)c1ccncc1. The minimum atomic E-state index is -0.0556. The Balaban J connectivity index is 2.23. The molecule has 1 aromatic heterocycles. The van der Waals surface area contributed by atoms with Crippen molar-refractivity contribution in [2.24, 2.45) is 0 Å². The van der Waals surface area contributed by atoms with E-state index in [1.807, 2.05) is 6.08 Å². The third kappa shape index (κ3) is 1.59. The van der Waals surface area contributed by atoms with Gasteiger partial charge in [-0.2, -0.15) is 0 Å². The highest BCUT2D eigenvalue weighted by Crippen LogP contribution is 2.14. The van der Waals surface area contributed by atoms with Crippen molar-refractivity contribution in [2.75, 3.05) is 6.61 Å². The molecule has 0 unspecified atom stereocenters. The van der Waals surface area contributed by atoms with Gasteiger partial charge >= 0.3 is 0 Å². The molecule has 1 aliphatic heterocycles. The molecule has 0 spiro atoms. The smallest absolute Gasteiger partial charge is 0.227 e. The molecule has 0 bridgehead atoms. The minimum absolute atomic E-state index is 0.0556. The molecule has 2 heterocycles. The number of carbonyl (C=O) groups is 1. The molecule has 3 nitrogen and oxygen atoms in total. The Morgan fingerprint density at radius 3 is 2.77 bits per heavy atom. The van der Waals surface area contributed by atoms with E-state index < -0.39 is 0 Å². The van der Waals surface area contributed by atoms with Gasteiger partial charge in [0, 0.05) is 24.4 Å². The topological polar surface area (TPSA) is 39.2 Å². The van der Waals surface area contributed by atoms with Gasteiger partial charge in [-0.25, -0.2) is 0 Å². The zero-order valence-electron chi connectivity index (χ0n) is 7.06. The minimum Gasteiger partial charge on any atom is -0.489 e.